The second kappa shape index (κ2) is 4.14. The Bertz CT molecular complexity index is 603. The van der Waals surface area contributed by atoms with Gasteiger partial charge in [-0.3, -0.25) is 9.48 Å². The zero-order valence-corrected chi connectivity index (χ0v) is 10.6. The molecule has 18 heavy (non-hydrogen) atoms. The third kappa shape index (κ3) is 1.78. The summed E-state index contributed by atoms with van der Waals surface area (Å²) in [6.45, 7) is 0. The maximum Gasteiger partial charge on any atom is 0.226 e. The number of halogens is 1. The molecule has 1 aliphatic heterocycles. The Hall–Kier alpha value is -1.81. The molecule has 1 atom stereocenters. The zero-order valence-electron chi connectivity index (χ0n) is 9.85. The molecule has 1 N–H and O–H groups in total. The SMILES string of the molecule is Cn1ncc2c1NC(=O)C[C@@H]2c1ccc(Cl)cc1. The number of aryl methyl sites for hydroxylation is 1. The molecule has 0 radical (unpaired) electrons. The predicted octanol–water partition coefficient (Wildman–Crippen LogP) is 2.55. The maximum atomic E-state index is 11.7. The van der Waals surface area contributed by atoms with Crippen LogP contribution in [0.2, 0.25) is 5.02 Å². The standard InChI is InChI=1S/C13H12ClN3O/c1-17-13-11(7-15-17)10(6-12(18)16-13)8-2-4-9(14)5-3-8/h2-5,7,10H,6H2,1H3,(H,16,18)/t10-/m1/s1. The van der Waals surface area contributed by atoms with E-state index >= 15 is 0 Å². The van der Waals surface area contributed by atoms with E-state index < -0.39 is 0 Å². The highest BCUT2D eigenvalue weighted by molar-refractivity contribution is 6.30. The number of nitrogens with one attached hydrogen (secondary N) is 1. The molecule has 3 rings (SSSR count). The lowest BCUT2D eigenvalue weighted by atomic mass is 9.87. The van der Waals surface area contributed by atoms with Crippen molar-refractivity contribution in [3.63, 3.8) is 0 Å². The second-order valence-electron chi connectivity index (χ2n) is 4.43. The van der Waals surface area contributed by atoms with Crippen LogP contribution in [0.4, 0.5) is 5.82 Å². The fraction of sp³-hybridized carbons (Fsp3) is 0.231. The summed E-state index contributed by atoms with van der Waals surface area (Å²) in [5, 5.41) is 7.76. The van der Waals surface area contributed by atoms with E-state index in [1.807, 2.05) is 37.5 Å². The number of benzene rings is 1. The predicted molar refractivity (Wildman–Crippen MR) is 69.7 cm³/mol. The molecule has 2 aromatic rings. The molecule has 0 saturated carbocycles. The van der Waals surface area contributed by atoms with Crippen LogP contribution in [0.15, 0.2) is 30.5 Å². The maximum absolute atomic E-state index is 11.7. The van der Waals surface area contributed by atoms with Crippen LogP contribution in [0.3, 0.4) is 0 Å². The summed E-state index contributed by atoms with van der Waals surface area (Å²) in [6, 6.07) is 7.61. The fourth-order valence-corrected chi connectivity index (χ4v) is 2.46. The fourth-order valence-electron chi connectivity index (χ4n) is 2.33. The normalized spacial score (nSPS) is 18.3. The van der Waals surface area contributed by atoms with Gasteiger partial charge in [0.15, 0.2) is 0 Å². The van der Waals surface area contributed by atoms with Crippen LogP contribution >= 0.6 is 11.6 Å². The number of amides is 1. The van der Waals surface area contributed by atoms with E-state index in [4.69, 9.17) is 11.6 Å². The Morgan fingerprint density at radius 3 is 2.83 bits per heavy atom. The second-order valence-corrected chi connectivity index (χ2v) is 4.86. The number of rotatable bonds is 1. The molecule has 1 amide bonds. The Morgan fingerprint density at radius 2 is 2.11 bits per heavy atom. The number of aromatic nitrogens is 2. The highest BCUT2D eigenvalue weighted by atomic mass is 35.5. The smallest absolute Gasteiger partial charge is 0.226 e. The minimum absolute atomic E-state index is 0.0195. The van der Waals surface area contributed by atoms with Crippen LogP contribution in [0.5, 0.6) is 0 Å². The topological polar surface area (TPSA) is 46.9 Å². The van der Waals surface area contributed by atoms with E-state index in [-0.39, 0.29) is 11.8 Å². The van der Waals surface area contributed by atoms with Gasteiger partial charge in [-0.25, -0.2) is 0 Å². The van der Waals surface area contributed by atoms with Gasteiger partial charge in [-0.1, -0.05) is 23.7 Å². The summed E-state index contributed by atoms with van der Waals surface area (Å²) in [4.78, 5) is 11.7. The summed E-state index contributed by atoms with van der Waals surface area (Å²) >= 11 is 5.89. The summed E-state index contributed by atoms with van der Waals surface area (Å²) in [5.74, 6) is 0.858. The van der Waals surface area contributed by atoms with E-state index in [0.29, 0.717) is 11.4 Å². The summed E-state index contributed by atoms with van der Waals surface area (Å²) < 4.78 is 1.69. The van der Waals surface area contributed by atoms with Gasteiger partial charge in [-0.05, 0) is 17.7 Å². The van der Waals surface area contributed by atoms with Crippen LogP contribution < -0.4 is 5.32 Å². The monoisotopic (exact) mass is 261 g/mol. The van der Waals surface area contributed by atoms with Gasteiger partial charge in [0, 0.05) is 30.0 Å². The first kappa shape index (κ1) is 11.3. The van der Waals surface area contributed by atoms with Crippen molar-refractivity contribution in [3.8, 4) is 0 Å². The summed E-state index contributed by atoms with van der Waals surface area (Å²) in [5.41, 5.74) is 2.14. The highest BCUT2D eigenvalue weighted by Crippen LogP contribution is 2.36. The Kier molecular flexibility index (Phi) is 2.59. The van der Waals surface area contributed by atoms with Crippen molar-refractivity contribution in [1.29, 1.82) is 0 Å². The van der Waals surface area contributed by atoms with Gasteiger partial charge >= 0.3 is 0 Å². The van der Waals surface area contributed by atoms with Gasteiger partial charge in [-0.2, -0.15) is 5.10 Å². The summed E-state index contributed by atoms with van der Waals surface area (Å²) in [6.07, 6.45) is 2.26. The third-order valence-corrected chi connectivity index (χ3v) is 3.51. The molecule has 2 heterocycles. The zero-order chi connectivity index (χ0) is 12.7. The Balaban J connectivity index is 2.07. The van der Waals surface area contributed by atoms with Gasteiger partial charge in [0.05, 0.1) is 6.20 Å². The molecule has 0 spiro atoms. The van der Waals surface area contributed by atoms with Crippen LogP contribution in [0, 0.1) is 0 Å². The number of fused-ring (bicyclic) bond motifs is 1. The van der Waals surface area contributed by atoms with Crippen molar-refractivity contribution < 1.29 is 4.79 Å². The number of hydrogen-bond donors (Lipinski definition) is 1. The highest BCUT2D eigenvalue weighted by Gasteiger charge is 2.29. The van der Waals surface area contributed by atoms with Crippen LogP contribution in [0.1, 0.15) is 23.5 Å². The molecular weight excluding hydrogens is 250 g/mol. The van der Waals surface area contributed by atoms with E-state index in [1.54, 1.807) is 4.68 Å². The average Bonchev–Trinajstić information content (AvgIpc) is 2.71. The van der Waals surface area contributed by atoms with Crippen molar-refractivity contribution in [2.75, 3.05) is 5.32 Å². The van der Waals surface area contributed by atoms with Crippen molar-refractivity contribution in [2.24, 2.45) is 7.05 Å². The minimum atomic E-state index is 0.0195. The molecule has 0 bridgehead atoms. The van der Waals surface area contributed by atoms with Crippen LogP contribution in [-0.4, -0.2) is 15.7 Å². The van der Waals surface area contributed by atoms with Crippen LogP contribution in [0.25, 0.3) is 0 Å². The van der Waals surface area contributed by atoms with Crippen LogP contribution in [-0.2, 0) is 11.8 Å². The van der Waals surface area contributed by atoms with E-state index in [1.165, 1.54) is 0 Å². The molecule has 0 saturated heterocycles. The van der Waals surface area contributed by atoms with Gasteiger partial charge < -0.3 is 5.32 Å². The van der Waals surface area contributed by atoms with E-state index in [2.05, 4.69) is 10.4 Å². The first-order valence-corrected chi connectivity index (χ1v) is 6.10. The molecule has 0 aliphatic carbocycles. The van der Waals surface area contributed by atoms with Crippen molar-refractivity contribution in [1.82, 2.24) is 9.78 Å². The Labute approximate surface area is 110 Å². The molecule has 1 aromatic carbocycles. The average molecular weight is 262 g/mol. The minimum Gasteiger partial charge on any atom is -0.311 e. The summed E-state index contributed by atoms with van der Waals surface area (Å²) in [7, 11) is 1.82. The quantitative estimate of drug-likeness (QED) is 0.858. The third-order valence-electron chi connectivity index (χ3n) is 3.26. The lowest BCUT2D eigenvalue weighted by Crippen LogP contribution is -2.24. The largest absolute Gasteiger partial charge is 0.311 e. The number of nitrogens with zero attached hydrogens (tertiary/aromatic N) is 2. The van der Waals surface area contributed by atoms with Crippen molar-refractivity contribution in [2.45, 2.75) is 12.3 Å². The molecule has 5 heteroatoms. The lowest BCUT2D eigenvalue weighted by Gasteiger charge is -2.23. The first-order valence-electron chi connectivity index (χ1n) is 5.72. The van der Waals surface area contributed by atoms with Gasteiger partial charge in [0.1, 0.15) is 5.82 Å². The van der Waals surface area contributed by atoms with Crippen molar-refractivity contribution >= 4 is 23.3 Å². The number of carbonyl (C=O) groups is 1. The molecule has 0 unspecified atom stereocenters. The molecule has 1 aromatic heterocycles. The molecule has 92 valence electrons. The molecule has 0 fully saturated rings. The number of anilines is 1. The first-order chi connectivity index (χ1) is 8.65. The lowest BCUT2D eigenvalue weighted by molar-refractivity contribution is -0.116. The van der Waals surface area contributed by atoms with Gasteiger partial charge in [-0.15, -0.1) is 0 Å². The van der Waals surface area contributed by atoms with Gasteiger partial charge in [0.25, 0.3) is 0 Å². The van der Waals surface area contributed by atoms with Crippen molar-refractivity contribution in [3.05, 3.63) is 46.6 Å². The Morgan fingerprint density at radius 1 is 1.39 bits per heavy atom. The number of carbonyl (C=O) groups excluding carboxylic acids is 1. The number of hydrogen-bond acceptors (Lipinski definition) is 2. The molecule has 1 aliphatic rings. The molecular formula is C13H12ClN3O. The van der Waals surface area contributed by atoms with Gasteiger partial charge in [0.2, 0.25) is 5.91 Å². The van der Waals surface area contributed by atoms with E-state index in [0.717, 1.165) is 16.9 Å². The molecule has 4 nitrogen and oxygen atoms in total. The van der Waals surface area contributed by atoms with E-state index in [9.17, 15) is 4.79 Å².